The molecule has 0 bridgehead atoms. The summed E-state index contributed by atoms with van der Waals surface area (Å²) in [6.45, 7) is 6.09. The molecule has 1 fully saturated rings. The molecule has 1 saturated heterocycles. The standard InChI is InChI=1S/C15H18ClN3O4/c1-15(2,3)18-8-9(6-13(18)20)14(21)17-12-5-4-10(19(22)23)7-11(12)16/h4-5,7,9H,6,8H2,1-3H3,(H,17,21)/t9-/m0/s1. The molecule has 1 aliphatic rings. The van der Waals surface area contributed by atoms with Crippen LogP contribution in [-0.2, 0) is 9.59 Å². The van der Waals surface area contributed by atoms with Crippen molar-refractivity contribution in [2.45, 2.75) is 32.7 Å². The van der Waals surface area contributed by atoms with E-state index >= 15 is 0 Å². The fourth-order valence-corrected chi connectivity index (χ4v) is 2.71. The number of likely N-dealkylation sites (tertiary alicyclic amines) is 1. The van der Waals surface area contributed by atoms with Gasteiger partial charge in [0.05, 0.1) is 21.6 Å². The smallest absolute Gasteiger partial charge is 0.271 e. The molecule has 2 amide bonds. The molecule has 1 aromatic rings. The van der Waals surface area contributed by atoms with Crippen LogP contribution in [0.5, 0.6) is 0 Å². The van der Waals surface area contributed by atoms with Crippen molar-refractivity contribution in [3.05, 3.63) is 33.3 Å². The fraction of sp³-hybridized carbons (Fsp3) is 0.467. The first-order chi connectivity index (χ1) is 10.6. The summed E-state index contributed by atoms with van der Waals surface area (Å²) in [4.78, 5) is 36.1. The molecule has 23 heavy (non-hydrogen) atoms. The van der Waals surface area contributed by atoms with Gasteiger partial charge in [0.25, 0.3) is 5.69 Å². The topological polar surface area (TPSA) is 92.6 Å². The Bertz CT molecular complexity index is 669. The second-order valence-corrected chi connectivity index (χ2v) is 6.89. The van der Waals surface area contributed by atoms with E-state index in [0.29, 0.717) is 12.2 Å². The molecular weight excluding hydrogens is 322 g/mol. The highest BCUT2D eigenvalue weighted by Gasteiger charge is 2.39. The van der Waals surface area contributed by atoms with Gasteiger partial charge in [-0.1, -0.05) is 11.6 Å². The van der Waals surface area contributed by atoms with Gasteiger partial charge < -0.3 is 10.2 Å². The SMILES string of the molecule is CC(C)(C)N1C[C@@H](C(=O)Nc2ccc([N+](=O)[O-])cc2Cl)CC1=O. The summed E-state index contributed by atoms with van der Waals surface area (Å²) in [7, 11) is 0. The first kappa shape index (κ1) is 17.2. The van der Waals surface area contributed by atoms with Crippen molar-refractivity contribution >= 4 is 34.8 Å². The number of non-ortho nitro benzene ring substituents is 1. The monoisotopic (exact) mass is 339 g/mol. The number of rotatable bonds is 3. The number of hydrogen-bond donors (Lipinski definition) is 1. The van der Waals surface area contributed by atoms with E-state index in [9.17, 15) is 19.7 Å². The van der Waals surface area contributed by atoms with Gasteiger partial charge in [0.2, 0.25) is 11.8 Å². The number of nitro groups is 1. The Kier molecular flexibility index (Phi) is 4.61. The van der Waals surface area contributed by atoms with Crippen molar-refractivity contribution in [3.8, 4) is 0 Å². The molecule has 0 radical (unpaired) electrons. The maximum atomic E-state index is 12.3. The number of carbonyl (C=O) groups excluding carboxylic acids is 2. The second-order valence-electron chi connectivity index (χ2n) is 6.49. The molecule has 0 aromatic heterocycles. The summed E-state index contributed by atoms with van der Waals surface area (Å²) in [5.41, 5.74) is -0.191. The van der Waals surface area contributed by atoms with Gasteiger partial charge in [-0.3, -0.25) is 19.7 Å². The van der Waals surface area contributed by atoms with E-state index in [1.807, 2.05) is 20.8 Å². The first-order valence-electron chi connectivity index (χ1n) is 7.15. The number of amides is 2. The average Bonchev–Trinajstić information content (AvgIpc) is 2.83. The highest BCUT2D eigenvalue weighted by molar-refractivity contribution is 6.34. The minimum absolute atomic E-state index is 0.0625. The Balaban J connectivity index is 2.09. The third kappa shape index (κ3) is 3.79. The van der Waals surface area contributed by atoms with Gasteiger partial charge in [-0.05, 0) is 26.8 Å². The summed E-state index contributed by atoms with van der Waals surface area (Å²) in [5.74, 6) is -0.846. The summed E-state index contributed by atoms with van der Waals surface area (Å²) in [6.07, 6.45) is 0.147. The quantitative estimate of drug-likeness (QED) is 0.677. The molecule has 0 saturated carbocycles. The fourth-order valence-electron chi connectivity index (χ4n) is 2.49. The minimum Gasteiger partial charge on any atom is -0.337 e. The van der Waals surface area contributed by atoms with Crippen LogP contribution in [0.4, 0.5) is 11.4 Å². The molecule has 1 aliphatic heterocycles. The van der Waals surface area contributed by atoms with Crippen LogP contribution in [0.15, 0.2) is 18.2 Å². The molecule has 8 heteroatoms. The summed E-state index contributed by atoms with van der Waals surface area (Å²) in [6, 6.07) is 3.83. The zero-order valence-corrected chi connectivity index (χ0v) is 13.9. The van der Waals surface area contributed by atoms with Crippen LogP contribution in [0, 0.1) is 16.0 Å². The number of benzene rings is 1. The van der Waals surface area contributed by atoms with Gasteiger partial charge in [-0.15, -0.1) is 0 Å². The van der Waals surface area contributed by atoms with E-state index in [1.54, 1.807) is 4.90 Å². The van der Waals surface area contributed by atoms with E-state index in [1.165, 1.54) is 18.2 Å². The molecular formula is C15H18ClN3O4. The van der Waals surface area contributed by atoms with Gasteiger partial charge in [-0.25, -0.2) is 0 Å². The number of nitro benzene ring substituents is 1. The van der Waals surface area contributed by atoms with Crippen molar-refractivity contribution in [3.63, 3.8) is 0 Å². The van der Waals surface area contributed by atoms with E-state index in [0.717, 1.165) is 0 Å². The van der Waals surface area contributed by atoms with Crippen LogP contribution < -0.4 is 5.32 Å². The van der Waals surface area contributed by atoms with Crippen molar-refractivity contribution in [2.75, 3.05) is 11.9 Å². The van der Waals surface area contributed by atoms with Gasteiger partial charge in [0.15, 0.2) is 0 Å². The lowest BCUT2D eigenvalue weighted by molar-refractivity contribution is -0.384. The Labute approximate surface area is 138 Å². The van der Waals surface area contributed by atoms with E-state index in [4.69, 9.17) is 11.6 Å². The van der Waals surface area contributed by atoms with Crippen molar-refractivity contribution in [1.82, 2.24) is 4.90 Å². The normalized spacial score (nSPS) is 18.2. The van der Waals surface area contributed by atoms with Gasteiger partial charge >= 0.3 is 0 Å². The Morgan fingerprint density at radius 2 is 2.09 bits per heavy atom. The molecule has 1 atom stereocenters. The van der Waals surface area contributed by atoms with Crippen LogP contribution in [-0.4, -0.2) is 33.7 Å². The molecule has 0 aliphatic carbocycles. The zero-order chi connectivity index (χ0) is 17.4. The summed E-state index contributed by atoms with van der Waals surface area (Å²) >= 11 is 5.96. The molecule has 1 N–H and O–H groups in total. The lowest BCUT2D eigenvalue weighted by atomic mass is 10.1. The van der Waals surface area contributed by atoms with Gasteiger partial charge in [-0.2, -0.15) is 0 Å². The van der Waals surface area contributed by atoms with Crippen LogP contribution in [0.25, 0.3) is 0 Å². The molecule has 0 unspecified atom stereocenters. The maximum Gasteiger partial charge on any atom is 0.271 e. The second kappa shape index (κ2) is 6.16. The summed E-state index contributed by atoms with van der Waals surface area (Å²) in [5, 5.41) is 13.4. The van der Waals surface area contributed by atoms with E-state index < -0.39 is 10.8 Å². The number of nitrogens with one attached hydrogen (secondary N) is 1. The number of hydrogen-bond acceptors (Lipinski definition) is 4. The minimum atomic E-state index is -0.561. The third-order valence-electron chi connectivity index (χ3n) is 3.73. The molecule has 124 valence electrons. The van der Waals surface area contributed by atoms with Crippen molar-refractivity contribution < 1.29 is 14.5 Å². The molecule has 1 heterocycles. The number of halogens is 1. The average molecular weight is 340 g/mol. The van der Waals surface area contributed by atoms with Crippen LogP contribution in [0.1, 0.15) is 27.2 Å². The molecule has 1 aromatic carbocycles. The van der Waals surface area contributed by atoms with Crippen LogP contribution >= 0.6 is 11.6 Å². The van der Waals surface area contributed by atoms with Crippen LogP contribution in [0.3, 0.4) is 0 Å². The van der Waals surface area contributed by atoms with Crippen molar-refractivity contribution in [2.24, 2.45) is 5.92 Å². The predicted molar refractivity (Wildman–Crippen MR) is 86.3 cm³/mol. The number of anilines is 1. The van der Waals surface area contributed by atoms with E-state index in [2.05, 4.69) is 5.32 Å². The largest absolute Gasteiger partial charge is 0.337 e. The van der Waals surface area contributed by atoms with Crippen molar-refractivity contribution in [1.29, 1.82) is 0 Å². The Morgan fingerprint density at radius 3 is 2.57 bits per heavy atom. The highest BCUT2D eigenvalue weighted by atomic mass is 35.5. The Morgan fingerprint density at radius 1 is 1.43 bits per heavy atom. The van der Waals surface area contributed by atoms with E-state index in [-0.39, 0.29) is 34.5 Å². The highest BCUT2D eigenvalue weighted by Crippen LogP contribution is 2.30. The number of carbonyl (C=O) groups is 2. The predicted octanol–water partition coefficient (Wildman–Crippen LogP) is 2.83. The molecule has 7 nitrogen and oxygen atoms in total. The Hall–Kier alpha value is -2.15. The zero-order valence-electron chi connectivity index (χ0n) is 13.1. The number of nitrogens with zero attached hydrogens (tertiary/aromatic N) is 2. The maximum absolute atomic E-state index is 12.3. The molecule has 2 rings (SSSR count). The lowest BCUT2D eigenvalue weighted by Gasteiger charge is -2.31. The van der Waals surface area contributed by atoms with Gasteiger partial charge in [0.1, 0.15) is 0 Å². The lowest BCUT2D eigenvalue weighted by Crippen LogP contribution is -2.42. The first-order valence-corrected chi connectivity index (χ1v) is 7.52. The third-order valence-corrected chi connectivity index (χ3v) is 4.04. The molecule has 0 spiro atoms. The van der Waals surface area contributed by atoms with Gasteiger partial charge in [0, 0.05) is 30.6 Å². The summed E-state index contributed by atoms with van der Waals surface area (Å²) < 4.78 is 0. The van der Waals surface area contributed by atoms with Crippen LogP contribution in [0.2, 0.25) is 5.02 Å².